The summed E-state index contributed by atoms with van der Waals surface area (Å²) in [5.41, 5.74) is 3.86. The molecule has 0 atom stereocenters. The molecule has 3 rings (SSSR count). The SMILES string of the molecule is CCCCC.CN1CCCc2cc(-c3ncn(C)n3)ccc21. The molecule has 0 unspecified atom stereocenters. The van der Waals surface area contributed by atoms with Gasteiger partial charge < -0.3 is 4.90 Å². The number of aryl methyl sites for hydroxylation is 2. The van der Waals surface area contributed by atoms with Crippen molar-refractivity contribution in [2.45, 2.75) is 46.0 Å². The summed E-state index contributed by atoms with van der Waals surface area (Å²) in [6.07, 6.45) is 8.19. The highest BCUT2D eigenvalue weighted by Crippen LogP contribution is 2.29. The number of hydrogen-bond acceptors (Lipinski definition) is 3. The first-order chi connectivity index (χ1) is 10.7. The number of fused-ring (bicyclic) bond motifs is 1. The maximum Gasteiger partial charge on any atom is 0.181 e. The van der Waals surface area contributed by atoms with Gasteiger partial charge in [0.1, 0.15) is 6.33 Å². The molecule has 2 heterocycles. The van der Waals surface area contributed by atoms with Crippen LogP contribution in [0.5, 0.6) is 0 Å². The van der Waals surface area contributed by atoms with Gasteiger partial charge >= 0.3 is 0 Å². The lowest BCUT2D eigenvalue weighted by Crippen LogP contribution is -2.24. The largest absolute Gasteiger partial charge is 0.374 e. The molecule has 22 heavy (non-hydrogen) atoms. The molecule has 1 aromatic heterocycles. The number of hydrogen-bond donors (Lipinski definition) is 0. The number of benzene rings is 1. The van der Waals surface area contributed by atoms with E-state index in [4.69, 9.17) is 0 Å². The second kappa shape index (κ2) is 7.97. The fraction of sp³-hybridized carbons (Fsp3) is 0.556. The Balaban J connectivity index is 0.000000309. The van der Waals surface area contributed by atoms with Crippen molar-refractivity contribution in [2.24, 2.45) is 7.05 Å². The third-order valence-electron chi connectivity index (χ3n) is 4.00. The maximum atomic E-state index is 4.34. The summed E-state index contributed by atoms with van der Waals surface area (Å²) in [7, 11) is 4.04. The fourth-order valence-electron chi connectivity index (χ4n) is 2.75. The summed E-state index contributed by atoms with van der Waals surface area (Å²) in [6.45, 7) is 5.57. The summed E-state index contributed by atoms with van der Waals surface area (Å²) in [5, 5.41) is 4.34. The first-order valence-corrected chi connectivity index (χ1v) is 8.35. The topological polar surface area (TPSA) is 34.0 Å². The van der Waals surface area contributed by atoms with E-state index in [1.54, 1.807) is 11.0 Å². The molecule has 0 aliphatic carbocycles. The van der Waals surface area contributed by atoms with Crippen LogP contribution in [0, 0.1) is 0 Å². The molecule has 4 heteroatoms. The summed E-state index contributed by atoms with van der Waals surface area (Å²) in [5.74, 6) is 0.809. The molecule has 4 nitrogen and oxygen atoms in total. The van der Waals surface area contributed by atoms with Crippen molar-refractivity contribution in [1.29, 1.82) is 0 Å². The highest BCUT2D eigenvalue weighted by Gasteiger charge is 2.15. The highest BCUT2D eigenvalue weighted by atomic mass is 15.3. The van der Waals surface area contributed by atoms with Crippen molar-refractivity contribution < 1.29 is 0 Å². The van der Waals surface area contributed by atoms with E-state index in [1.807, 2.05) is 7.05 Å². The van der Waals surface area contributed by atoms with Gasteiger partial charge in [-0.25, -0.2) is 4.98 Å². The number of unbranched alkanes of at least 4 members (excludes halogenated alkanes) is 2. The van der Waals surface area contributed by atoms with Gasteiger partial charge in [0.05, 0.1) is 0 Å². The fourth-order valence-corrected chi connectivity index (χ4v) is 2.75. The van der Waals surface area contributed by atoms with Gasteiger partial charge in [0.15, 0.2) is 5.82 Å². The van der Waals surface area contributed by atoms with Gasteiger partial charge in [-0.15, -0.1) is 0 Å². The van der Waals surface area contributed by atoms with Gasteiger partial charge in [-0.05, 0) is 36.6 Å². The molecular formula is C18H28N4. The summed E-state index contributed by atoms with van der Waals surface area (Å²) < 4.78 is 1.74. The lowest BCUT2D eigenvalue weighted by atomic mass is 9.99. The lowest BCUT2D eigenvalue weighted by molar-refractivity contribution is 0.744. The number of anilines is 1. The Kier molecular flexibility index (Phi) is 5.99. The van der Waals surface area contributed by atoms with Crippen molar-refractivity contribution in [3.05, 3.63) is 30.1 Å². The van der Waals surface area contributed by atoms with Crippen LogP contribution in [0.4, 0.5) is 5.69 Å². The van der Waals surface area contributed by atoms with Crippen LogP contribution in [0.15, 0.2) is 24.5 Å². The van der Waals surface area contributed by atoms with Crippen molar-refractivity contribution in [2.75, 3.05) is 18.5 Å². The Morgan fingerprint density at radius 2 is 1.91 bits per heavy atom. The summed E-state index contributed by atoms with van der Waals surface area (Å²) >= 11 is 0. The van der Waals surface area contributed by atoms with Gasteiger partial charge in [0.2, 0.25) is 0 Å². The zero-order chi connectivity index (χ0) is 15.9. The second-order valence-corrected chi connectivity index (χ2v) is 5.96. The molecule has 0 radical (unpaired) electrons. The molecule has 1 aliphatic heterocycles. The van der Waals surface area contributed by atoms with E-state index in [0.717, 1.165) is 24.4 Å². The third-order valence-corrected chi connectivity index (χ3v) is 4.00. The van der Waals surface area contributed by atoms with Crippen LogP contribution in [0.2, 0.25) is 0 Å². The Bertz CT molecular complexity index is 587. The van der Waals surface area contributed by atoms with E-state index in [2.05, 4.69) is 54.1 Å². The molecular weight excluding hydrogens is 272 g/mol. The zero-order valence-electron chi connectivity index (χ0n) is 14.3. The Hall–Kier alpha value is -1.84. The minimum atomic E-state index is 0.809. The predicted molar refractivity (Wildman–Crippen MR) is 93.2 cm³/mol. The number of nitrogens with zero attached hydrogens (tertiary/aromatic N) is 4. The zero-order valence-corrected chi connectivity index (χ0v) is 14.3. The molecule has 0 saturated heterocycles. The van der Waals surface area contributed by atoms with Gasteiger partial charge in [-0.2, -0.15) is 5.10 Å². The molecule has 0 saturated carbocycles. The van der Waals surface area contributed by atoms with E-state index < -0.39 is 0 Å². The summed E-state index contributed by atoms with van der Waals surface area (Å²) in [6, 6.07) is 6.51. The number of rotatable bonds is 3. The first-order valence-electron chi connectivity index (χ1n) is 8.35. The molecule has 0 bridgehead atoms. The summed E-state index contributed by atoms with van der Waals surface area (Å²) in [4.78, 5) is 6.61. The minimum absolute atomic E-state index is 0.809. The Labute approximate surface area is 134 Å². The van der Waals surface area contributed by atoms with Crippen molar-refractivity contribution in [3.63, 3.8) is 0 Å². The smallest absolute Gasteiger partial charge is 0.181 e. The molecule has 1 aliphatic rings. The Morgan fingerprint density at radius 1 is 1.14 bits per heavy atom. The standard InChI is InChI=1S/C13H16N4.C5H12/c1-16-7-3-4-10-8-11(5-6-12(10)16)13-14-9-17(2)15-13;1-3-5-4-2/h5-6,8-9H,3-4,7H2,1-2H3;3-5H2,1-2H3. The monoisotopic (exact) mass is 300 g/mol. The molecule has 0 spiro atoms. The average molecular weight is 300 g/mol. The van der Waals surface area contributed by atoms with Gasteiger partial charge in [0.25, 0.3) is 0 Å². The Morgan fingerprint density at radius 3 is 2.50 bits per heavy atom. The molecule has 2 aromatic rings. The van der Waals surface area contributed by atoms with Crippen molar-refractivity contribution in [3.8, 4) is 11.4 Å². The quantitative estimate of drug-likeness (QED) is 0.857. The van der Waals surface area contributed by atoms with Crippen LogP contribution in [0.1, 0.15) is 45.1 Å². The van der Waals surface area contributed by atoms with Gasteiger partial charge in [-0.3, -0.25) is 4.68 Å². The van der Waals surface area contributed by atoms with Crippen LogP contribution < -0.4 is 4.90 Å². The van der Waals surface area contributed by atoms with Gasteiger partial charge in [0, 0.05) is 31.9 Å². The molecule has 0 amide bonds. The van der Waals surface area contributed by atoms with E-state index in [1.165, 1.54) is 36.9 Å². The van der Waals surface area contributed by atoms with Crippen LogP contribution in [-0.2, 0) is 13.5 Å². The maximum absolute atomic E-state index is 4.34. The first kappa shape index (κ1) is 16.5. The van der Waals surface area contributed by atoms with Gasteiger partial charge in [-0.1, -0.05) is 33.1 Å². The van der Waals surface area contributed by atoms with E-state index in [-0.39, 0.29) is 0 Å². The van der Waals surface area contributed by atoms with Crippen molar-refractivity contribution in [1.82, 2.24) is 14.8 Å². The molecule has 0 fully saturated rings. The van der Waals surface area contributed by atoms with E-state index in [0.29, 0.717) is 0 Å². The third kappa shape index (κ3) is 4.09. The normalized spacial score (nSPS) is 13.4. The van der Waals surface area contributed by atoms with Crippen LogP contribution in [0.3, 0.4) is 0 Å². The lowest BCUT2D eigenvalue weighted by Gasteiger charge is -2.27. The van der Waals surface area contributed by atoms with E-state index in [9.17, 15) is 0 Å². The number of aromatic nitrogens is 3. The van der Waals surface area contributed by atoms with Crippen LogP contribution in [0.25, 0.3) is 11.4 Å². The predicted octanol–water partition coefficient (Wildman–Crippen LogP) is 4.06. The van der Waals surface area contributed by atoms with Crippen LogP contribution in [-0.4, -0.2) is 28.4 Å². The minimum Gasteiger partial charge on any atom is -0.374 e. The second-order valence-electron chi connectivity index (χ2n) is 5.96. The van der Waals surface area contributed by atoms with E-state index >= 15 is 0 Å². The molecule has 120 valence electrons. The highest BCUT2D eigenvalue weighted by molar-refractivity contribution is 5.65. The van der Waals surface area contributed by atoms with Crippen molar-refractivity contribution >= 4 is 5.69 Å². The molecule has 1 aromatic carbocycles. The van der Waals surface area contributed by atoms with Crippen LogP contribution >= 0.6 is 0 Å². The molecule has 0 N–H and O–H groups in total. The average Bonchev–Trinajstić information content (AvgIpc) is 2.95.